The van der Waals surface area contributed by atoms with E-state index in [1.165, 1.54) is 12.4 Å². The SMILES string of the molecule is NCCNc1nc(Nc2cc(S(=O)(=O)O)ccc2SOOO)nc(Sc2ncn[nH]2)n1. The lowest BCUT2D eigenvalue weighted by atomic mass is 10.3. The number of hydrogen-bond donors (Lipinski definition) is 6. The Bertz CT molecular complexity index is 1120. The van der Waals surface area contributed by atoms with Gasteiger partial charge in [-0.15, -0.1) is 4.33 Å². The Hall–Kier alpha value is -2.58. The van der Waals surface area contributed by atoms with Crippen LogP contribution >= 0.6 is 23.8 Å². The van der Waals surface area contributed by atoms with Gasteiger partial charge in [-0.3, -0.25) is 9.65 Å². The molecule has 0 amide bonds. The number of H-pyrrole nitrogens is 1. The van der Waals surface area contributed by atoms with E-state index in [4.69, 9.17) is 11.0 Å². The fourth-order valence-corrected chi connectivity index (χ4v) is 3.63. The van der Waals surface area contributed by atoms with Crippen molar-refractivity contribution < 1.29 is 27.6 Å². The van der Waals surface area contributed by atoms with Gasteiger partial charge in [0.15, 0.2) is 5.16 Å². The second kappa shape index (κ2) is 10.6. The van der Waals surface area contributed by atoms with Gasteiger partial charge in [0.2, 0.25) is 17.1 Å². The van der Waals surface area contributed by atoms with Gasteiger partial charge in [-0.1, -0.05) is 5.04 Å². The quantitative estimate of drug-likeness (QED) is 0.0953. The molecule has 0 aliphatic heterocycles. The maximum absolute atomic E-state index is 11.5. The van der Waals surface area contributed by atoms with E-state index in [0.717, 1.165) is 23.9 Å². The third-order valence-electron chi connectivity index (χ3n) is 3.27. The topological polar surface area (TPSA) is 223 Å². The van der Waals surface area contributed by atoms with Gasteiger partial charge in [0.05, 0.1) is 27.5 Å². The molecule has 0 saturated heterocycles. The molecule has 2 aromatic heterocycles. The summed E-state index contributed by atoms with van der Waals surface area (Å²) < 4.78 is 36.8. The monoisotopic (exact) mass is 489 g/mol. The highest BCUT2D eigenvalue weighted by Crippen LogP contribution is 2.32. The van der Waals surface area contributed by atoms with E-state index in [-0.39, 0.29) is 27.6 Å². The molecular weight excluding hydrogens is 474 g/mol. The Morgan fingerprint density at radius 2 is 2.03 bits per heavy atom. The Kier molecular flexibility index (Phi) is 7.92. The lowest BCUT2D eigenvalue weighted by molar-refractivity contribution is -0.432. The number of aromatic nitrogens is 6. The minimum atomic E-state index is -4.49. The highest BCUT2D eigenvalue weighted by Gasteiger charge is 2.16. The third kappa shape index (κ3) is 6.70. The number of nitrogens with two attached hydrogens (primary N) is 1. The first kappa shape index (κ1) is 23.1. The van der Waals surface area contributed by atoms with Crippen LogP contribution in [0.1, 0.15) is 0 Å². The van der Waals surface area contributed by atoms with Gasteiger partial charge in [0.1, 0.15) is 6.33 Å². The van der Waals surface area contributed by atoms with E-state index >= 15 is 0 Å². The smallest absolute Gasteiger partial charge is 0.294 e. The zero-order valence-corrected chi connectivity index (χ0v) is 17.7. The van der Waals surface area contributed by atoms with Crippen molar-refractivity contribution in [1.29, 1.82) is 0 Å². The van der Waals surface area contributed by atoms with Gasteiger partial charge in [0, 0.05) is 13.1 Å². The summed E-state index contributed by atoms with van der Waals surface area (Å²) in [7, 11) is -4.49. The van der Waals surface area contributed by atoms with E-state index in [9.17, 15) is 13.0 Å². The molecule has 7 N–H and O–H groups in total. The molecule has 1 aromatic carbocycles. The van der Waals surface area contributed by atoms with Crippen LogP contribution in [0.4, 0.5) is 17.6 Å². The molecule has 0 atom stereocenters. The van der Waals surface area contributed by atoms with Crippen molar-refractivity contribution in [1.82, 2.24) is 30.1 Å². The van der Waals surface area contributed by atoms with Crippen LogP contribution in [0.5, 0.6) is 0 Å². The summed E-state index contributed by atoms with van der Waals surface area (Å²) in [5.41, 5.74) is 5.63. The lowest BCUT2D eigenvalue weighted by Crippen LogP contribution is -2.16. The number of nitrogens with zero attached hydrogens (tertiary/aromatic N) is 5. The van der Waals surface area contributed by atoms with Crippen molar-refractivity contribution in [2.24, 2.45) is 5.73 Å². The van der Waals surface area contributed by atoms with E-state index < -0.39 is 15.0 Å². The molecule has 0 saturated carbocycles. The maximum Gasteiger partial charge on any atom is 0.294 e. The Morgan fingerprint density at radius 3 is 2.71 bits per heavy atom. The van der Waals surface area contributed by atoms with Gasteiger partial charge < -0.3 is 16.4 Å². The van der Waals surface area contributed by atoms with Gasteiger partial charge in [0.25, 0.3) is 10.1 Å². The number of hydrogen-bond acceptors (Lipinski definition) is 15. The molecule has 3 rings (SSSR count). The molecule has 0 aliphatic rings. The fraction of sp³-hybridized carbons (Fsp3) is 0.154. The van der Waals surface area contributed by atoms with Gasteiger partial charge >= 0.3 is 0 Å². The standard InChI is InChI=1S/C13H15N9O6S3/c14-3-4-15-10-19-11(21-13(20-10)29-12-16-6-17-22-12)18-8-5-7(31(24,25)26)1-2-9(8)30-28-27-23/h1-2,5-6,23H,3-4,14H2,(H,16,17,22)(H,24,25,26)(H2,15,18,19,20,21). The van der Waals surface area contributed by atoms with Crippen molar-refractivity contribution in [3.8, 4) is 0 Å². The first-order valence-corrected chi connectivity index (χ1v) is 11.2. The summed E-state index contributed by atoms with van der Waals surface area (Å²) in [5, 5.41) is 24.8. The first-order valence-electron chi connectivity index (χ1n) is 8.15. The van der Waals surface area contributed by atoms with Crippen molar-refractivity contribution >= 4 is 51.5 Å². The molecule has 15 nitrogen and oxygen atoms in total. The zero-order chi connectivity index (χ0) is 22.3. The van der Waals surface area contributed by atoms with Crippen molar-refractivity contribution in [2.75, 3.05) is 23.7 Å². The summed E-state index contributed by atoms with van der Waals surface area (Å²) in [6.07, 6.45) is 1.32. The molecule has 0 unspecified atom stereocenters. The number of aromatic amines is 1. The van der Waals surface area contributed by atoms with E-state index in [2.05, 4.69) is 50.1 Å². The minimum Gasteiger partial charge on any atom is -0.353 e. The number of nitrogens with one attached hydrogen (secondary N) is 3. The summed E-state index contributed by atoms with van der Waals surface area (Å²) in [6, 6.07) is 3.57. The van der Waals surface area contributed by atoms with Crippen LogP contribution in [-0.4, -0.2) is 61.5 Å². The molecule has 31 heavy (non-hydrogen) atoms. The first-order chi connectivity index (χ1) is 14.9. The number of rotatable bonds is 11. The number of benzene rings is 1. The van der Waals surface area contributed by atoms with E-state index in [0.29, 0.717) is 30.3 Å². The predicted octanol–water partition coefficient (Wildman–Crippen LogP) is 0.930. The summed E-state index contributed by atoms with van der Waals surface area (Å²) >= 11 is 1.64. The van der Waals surface area contributed by atoms with Gasteiger partial charge in [-0.2, -0.15) is 28.5 Å². The molecule has 0 fully saturated rings. The summed E-state index contributed by atoms with van der Waals surface area (Å²) in [4.78, 5) is 16.6. The molecule has 0 radical (unpaired) electrons. The van der Waals surface area contributed by atoms with Crippen LogP contribution in [0.2, 0.25) is 0 Å². The molecule has 166 valence electrons. The Balaban J connectivity index is 1.97. The van der Waals surface area contributed by atoms with Gasteiger partial charge in [-0.25, -0.2) is 10.2 Å². The highest BCUT2D eigenvalue weighted by atomic mass is 32.2. The second-order valence-electron chi connectivity index (χ2n) is 5.36. The average molecular weight is 490 g/mol. The fourth-order valence-electron chi connectivity index (χ4n) is 2.06. The van der Waals surface area contributed by atoms with Crippen LogP contribution in [0.15, 0.2) is 44.6 Å². The van der Waals surface area contributed by atoms with Crippen molar-refractivity contribution in [2.45, 2.75) is 20.1 Å². The molecular formula is C13H15N9O6S3. The van der Waals surface area contributed by atoms with E-state index in [1.807, 2.05) is 0 Å². The van der Waals surface area contributed by atoms with Crippen LogP contribution in [-0.2, 0) is 19.5 Å². The normalized spacial score (nSPS) is 11.5. The molecule has 2 heterocycles. The number of anilines is 3. The lowest BCUT2D eigenvalue weighted by Gasteiger charge is -2.12. The Morgan fingerprint density at radius 1 is 1.23 bits per heavy atom. The minimum absolute atomic E-state index is 0.0239. The summed E-state index contributed by atoms with van der Waals surface area (Å²) in [5.74, 6) is 0.218. The van der Waals surface area contributed by atoms with Gasteiger partial charge in [-0.05, 0) is 30.0 Å². The van der Waals surface area contributed by atoms with Crippen molar-refractivity contribution in [3.05, 3.63) is 24.5 Å². The van der Waals surface area contributed by atoms with Crippen LogP contribution in [0, 0.1) is 0 Å². The second-order valence-corrected chi connectivity index (χ2v) is 8.48. The highest BCUT2D eigenvalue weighted by molar-refractivity contribution is 7.99. The van der Waals surface area contributed by atoms with Crippen molar-refractivity contribution in [3.63, 3.8) is 0 Å². The molecule has 3 aromatic rings. The van der Waals surface area contributed by atoms with Crippen LogP contribution in [0.25, 0.3) is 0 Å². The molecule has 0 bridgehead atoms. The zero-order valence-electron chi connectivity index (χ0n) is 15.3. The average Bonchev–Trinajstić information content (AvgIpc) is 3.23. The van der Waals surface area contributed by atoms with Crippen LogP contribution in [0.3, 0.4) is 0 Å². The third-order valence-corrected chi connectivity index (χ3v) is 5.54. The molecule has 18 heteroatoms. The largest absolute Gasteiger partial charge is 0.353 e. The summed E-state index contributed by atoms with van der Waals surface area (Å²) in [6.45, 7) is 0.714. The predicted molar refractivity (Wildman–Crippen MR) is 108 cm³/mol. The molecule has 0 spiro atoms. The van der Waals surface area contributed by atoms with E-state index in [1.54, 1.807) is 0 Å². The maximum atomic E-state index is 11.5. The van der Waals surface area contributed by atoms with Crippen LogP contribution < -0.4 is 16.4 Å². The molecule has 0 aliphatic carbocycles. The Labute approximate surface area is 183 Å².